The first-order valence-electron chi connectivity index (χ1n) is 6.19. The molecule has 0 aliphatic heterocycles. The number of halogens is 1. The number of carbonyl (C=O) groups excluding carboxylic acids is 1. The molecule has 1 amide bonds. The van der Waals surface area contributed by atoms with Gasteiger partial charge in [-0.3, -0.25) is 4.79 Å². The van der Waals surface area contributed by atoms with Crippen molar-refractivity contribution in [1.82, 2.24) is 10.3 Å². The van der Waals surface area contributed by atoms with Gasteiger partial charge in [0.15, 0.2) is 11.6 Å². The molecule has 0 aromatic carbocycles. The Bertz CT molecular complexity index is 575. The summed E-state index contributed by atoms with van der Waals surface area (Å²) >= 11 is 0. The smallest absolute Gasteiger partial charge is 0.254 e. The summed E-state index contributed by atoms with van der Waals surface area (Å²) in [4.78, 5) is 15.6. The molecule has 0 unspecified atom stereocenters. The Morgan fingerprint density at radius 2 is 2.15 bits per heavy atom. The first kappa shape index (κ1) is 16.4. The van der Waals surface area contributed by atoms with Crippen molar-refractivity contribution in [3.8, 4) is 0 Å². The fraction of sp³-hybridized carbons (Fsp3) is 0.500. The van der Waals surface area contributed by atoms with Crippen LogP contribution < -0.4 is 10.6 Å². The summed E-state index contributed by atoms with van der Waals surface area (Å²) in [6, 6.07) is 1.28. The topological polar surface area (TPSA) is 88.2 Å². The Balaban J connectivity index is 2.62. The second-order valence-electron chi connectivity index (χ2n) is 4.29. The van der Waals surface area contributed by atoms with Crippen molar-refractivity contribution in [3.63, 3.8) is 0 Å². The van der Waals surface area contributed by atoms with Crippen molar-refractivity contribution in [2.75, 3.05) is 30.4 Å². The zero-order chi connectivity index (χ0) is 15.2. The molecule has 8 heteroatoms. The van der Waals surface area contributed by atoms with Crippen molar-refractivity contribution in [2.45, 2.75) is 13.3 Å². The molecule has 1 aromatic rings. The number of anilines is 1. The van der Waals surface area contributed by atoms with Crippen LogP contribution in [-0.4, -0.2) is 44.4 Å². The Kier molecular flexibility index (Phi) is 5.87. The van der Waals surface area contributed by atoms with Gasteiger partial charge in [0, 0.05) is 25.5 Å². The molecule has 112 valence electrons. The fourth-order valence-electron chi connectivity index (χ4n) is 1.54. The van der Waals surface area contributed by atoms with Crippen LogP contribution in [0.1, 0.15) is 23.7 Å². The minimum atomic E-state index is -3.05. The molecule has 1 rings (SSSR count). The molecule has 0 bridgehead atoms. The molecule has 1 aromatic heterocycles. The van der Waals surface area contributed by atoms with E-state index in [2.05, 4.69) is 15.6 Å². The summed E-state index contributed by atoms with van der Waals surface area (Å²) in [7, 11) is -3.05. The highest BCUT2D eigenvalue weighted by Gasteiger charge is 2.15. The van der Waals surface area contributed by atoms with Crippen LogP contribution in [0.5, 0.6) is 0 Å². The summed E-state index contributed by atoms with van der Waals surface area (Å²) < 4.78 is 35.8. The van der Waals surface area contributed by atoms with Crippen molar-refractivity contribution in [2.24, 2.45) is 0 Å². The van der Waals surface area contributed by atoms with Crippen molar-refractivity contribution in [1.29, 1.82) is 0 Å². The average Bonchev–Trinajstić information content (AvgIpc) is 2.36. The predicted molar refractivity (Wildman–Crippen MR) is 75.0 cm³/mol. The molecule has 2 N–H and O–H groups in total. The fourth-order valence-corrected chi connectivity index (χ4v) is 2.21. The highest BCUT2D eigenvalue weighted by Crippen LogP contribution is 2.14. The minimum absolute atomic E-state index is 0.0191. The Morgan fingerprint density at radius 3 is 2.75 bits per heavy atom. The molecule has 20 heavy (non-hydrogen) atoms. The molecule has 0 aliphatic rings. The van der Waals surface area contributed by atoms with E-state index in [1.807, 2.05) is 0 Å². The van der Waals surface area contributed by atoms with Gasteiger partial charge in [0.1, 0.15) is 9.84 Å². The summed E-state index contributed by atoms with van der Waals surface area (Å²) in [5.41, 5.74) is -0.115. The van der Waals surface area contributed by atoms with Crippen molar-refractivity contribution >= 4 is 21.6 Å². The number of nitrogens with zero attached hydrogens (tertiary/aromatic N) is 1. The van der Waals surface area contributed by atoms with E-state index < -0.39 is 21.6 Å². The van der Waals surface area contributed by atoms with Crippen molar-refractivity contribution < 1.29 is 17.6 Å². The van der Waals surface area contributed by atoms with Crippen LogP contribution in [0.4, 0.5) is 10.2 Å². The highest BCUT2D eigenvalue weighted by atomic mass is 32.2. The number of pyridine rings is 1. The van der Waals surface area contributed by atoms with Gasteiger partial charge in [-0.15, -0.1) is 0 Å². The Labute approximate surface area is 117 Å². The lowest BCUT2D eigenvalue weighted by Crippen LogP contribution is -2.27. The number of sulfone groups is 1. The maximum absolute atomic E-state index is 13.9. The zero-order valence-corrected chi connectivity index (χ0v) is 12.3. The lowest BCUT2D eigenvalue weighted by molar-refractivity contribution is 0.0949. The molecular formula is C12H18FN3O3S. The number of rotatable bonds is 7. The number of carbonyl (C=O) groups is 1. The van der Waals surface area contributed by atoms with Crippen LogP contribution in [0.2, 0.25) is 0 Å². The van der Waals surface area contributed by atoms with Gasteiger partial charge >= 0.3 is 0 Å². The Morgan fingerprint density at radius 1 is 1.45 bits per heavy atom. The third-order valence-corrected chi connectivity index (χ3v) is 3.49. The quantitative estimate of drug-likeness (QED) is 0.728. The zero-order valence-electron chi connectivity index (χ0n) is 11.4. The molecule has 0 atom stereocenters. The van der Waals surface area contributed by atoms with Crippen LogP contribution in [0, 0.1) is 5.82 Å². The largest absolute Gasteiger partial charge is 0.368 e. The van der Waals surface area contributed by atoms with E-state index in [1.165, 1.54) is 12.3 Å². The maximum atomic E-state index is 13.9. The van der Waals surface area contributed by atoms with Crippen LogP contribution in [0.3, 0.4) is 0 Å². The minimum Gasteiger partial charge on any atom is -0.368 e. The lowest BCUT2D eigenvalue weighted by atomic mass is 10.2. The first-order valence-corrected chi connectivity index (χ1v) is 8.25. The molecule has 0 aliphatic carbocycles. The molecule has 0 saturated carbocycles. The number of amides is 1. The second kappa shape index (κ2) is 7.18. The maximum Gasteiger partial charge on any atom is 0.254 e. The van der Waals surface area contributed by atoms with Gasteiger partial charge < -0.3 is 10.6 Å². The summed E-state index contributed by atoms with van der Waals surface area (Å²) in [5, 5.41) is 5.20. The van der Waals surface area contributed by atoms with E-state index in [0.29, 0.717) is 6.54 Å². The molecule has 1 heterocycles. The molecular weight excluding hydrogens is 285 g/mol. The van der Waals surface area contributed by atoms with E-state index in [4.69, 9.17) is 0 Å². The number of aromatic nitrogens is 1. The first-order chi connectivity index (χ1) is 9.35. The van der Waals surface area contributed by atoms with E-state index in [0.717, 1.165) is 6.26 Å². The van der Waals surface area contributed by atoms with Gasteiger partial charge in [-0.25, -0.2) is 17.8 Å². The van der Waals surface area contributed by atoms with Gasteiger partial charge in [-0.1, -0.05) is 0 Å². The average molecular weight is 303 g/mol. The number of nitrogens with one attached hydrogen (secondary N) is 2. The molecule has 0 fully saturated rings. The van der Waals surface area contributed by atoms with E-state index in [9.17, 15) is 17.6 Å². The van der Waals surface area contributed by atoms with Gasteiger partial charge in [0.25, 0.3) is 5.91 Å². The van der Waals surface area contributed by atoms with E-state index >= 15 is 0 Å². The second-order valence-corrected chi connectivity index (χ2v) is 6.55. The standard InChI is InChI=1S/C12H18FN3O3S/c1-3-14-11-10(13)9(5-7-15-11)12(17)16-6-4-8-20(2,18)19/h5,7H,3-4,6,8H2,1-2H3,(H,14,15)(H,16,17). The van der Waals surface area contributed by atoms with Gasteiger partial charge in [0.05, 0.1) is 11.3 Å². The van der Waals surface area contributed by atoms with Gasteiger partial charge in [0.2, 0.25) is 0 Å². The van der Waals surface area contributed by atoms with Crippen LogP contribution >= 0.6 is 0 Å². The molecule has 0 saturated heterocycles. The van der Waals surface area contributed by atoms with Gasteiger partial charge in [-0.2, -0.15) is 0 Å². The summed E-state index contributed by atoms with van der Waals surface area (Å²) in [6.45, 7) is 2.45. The Hall–Kier alpha value is -1.70. The summed E-state index contributed by atoms with van der Waals surface area (Å²) in [5.74, 6) is -1.29. The van der Waals surface area contributed by atoms with Gasteiger partial charge in [-0.05, 0) is 19.4 Å². The van der Waals surface area contributed by atoms with Crippen molar-refractivity contribution in [3.05, 3.63) is 23.6 Å². The number of hydrogen-bond donors (Lipinski definition) is 2. The van der Waals surface area contributed by atoms with Crippen LogP contribution in [0.15, 0.2) is 12.3 Å². The monoisotopic (exact) mass is 303 g/mol. The predicted octanol–water partition coefficient (Wildman–Crippen LogP) is 0.817. The van der Waals surface area contributed by atoms with E-state index in [-0.39, 0.29) is 30.1 Å². The highest BCUT2D eigenvalue weighted by molar-refractivity contribution is 7.90. The molecule has 0 radical (unpaired) electrons. The third-order valence-electron chi connectivity index (χ3n) is 2.46. The lowest BCUT2D eigenvalue weighted by Gasteiger charge is -2.08. The van der Waals surface area contributed by atoms with E-state index in [1.54, 1.807) is 6.92 Å². The summed E-state index contributed by atoms with van der Waals surface area (Å²) in [6.07, 6.45) is 2.75. The molecule has 0 spiro atoms. The van der Waals surface area contributed by atoms with Crippen LogP contribution in [-0.2, 0) is 9.84 Å². The van der Waals surface area contributed by atoms with Crippen LogP contribution in [0.25, 0.3) is 0 Å². The third kappa shape index (κ3) is 5.12. The SMILES string of the molecule is CCNc1nccc(C(=O)NCCCS(C)(=O)=O)c1F. The normalized spacial score (nSPS) is 11.2. The number of hydrogen-bond acceptors (Lipinski definition) is 5. The molecule has 6 nitrogen and oxygen atoms in total.